The quantitative estimate of drug-likeness (QED) is 0.814. The molecule has 1 rings (SSSR count). The number of rotatable bonds is 2. The molecule has 16 heavy (non-hydrogen) atoms. The number of carbonyl (C=O) groups excluding carboxylic acids is 1. The second-order valence-corrected chi connectivity index (χ2v) is 2.91. The topological polar surface area (TPSA) is 80.9 Å². The largest absolute Gasteiger partial charge is 0.433 e. The van der Waals surface area contributed by atoms with Crippen LogP contribution >= 0.6 is 0 Å². The fourth-order valence-corrected chi connectivity index (χ4v) is 0.990. The van der Waals surface area contributed by atoms with Crippen LogP contribution in [0.2, 0.25) is 0 Å². The lowest BCUT2D eigenvalue weighted by Crippen LogP contribution is -2.22. The van der Waals surface area contributed by atoms with E-state index < -0.39 is 23.8 Å². The van der Waals surface area contributed by atoms with E-state index in [1.165, 1.54) is 0 Å². The highest BCUT2D eigenvalue weighted by atomic mass is 19.4. The third-order valence-corrected chi connectivity index (χ3v) is 1.67. The van der Waals surface area contributed by atoms with E-state index in [1.807, 2.05) is 5.32 Å². The molecular weight excluding hydrogens is 225 g/mol. The summed E-state index contributed by atoms with van der Waals surface area (Å²) < 4.78 is 37.2. The number of aryl methyl sites for hydroxylation is 1. The van der Waals surface area contributed by atoms with E-state index in [-0.39, 0.29) is 5.69 Å². The summed E-state index contributed by atoms with van der Waals surface area (Å²) in [5.74, 6) is -0.445. The highest BCUT2D eigenvalue weighted by Crippen LogP contribution is 2.28. The lowest BCUT2D eigenvalue weighted by molar-refractivity contribution is -0.141. The van der Waals surface area contributed by atoms with Gasteiger partial charge in [-0.15, -0.1) is 0 Å². The first-order valence-corrected chi connectivity index (χ1v) is 4.34. The number of nitrogens with two attached hydrogens (primary N) is 1. The lowest BCUT2D eigenvalue weighted by Gasteiger charge is -2.09. The fourth-order valence-electron chi connectivity index (χ4n) is 0.990. The molecule has 2 amide bonds. The Balaban J connectivity index is 3.16. The van der Waals surface area contributed by atoms with Crippen molar-refractivity contribution in [2.24, 2.45) is 5.73 Å². The molecular formula is C8H9F3N4O. The maximum Gasteiger partial charge on any atom is 0.433 e. The van der Waals surface area contributed by atoms with Crippen LogP contribution in [-0.2, 0) is 12.6 Å². The molecule has 1 heterocycles. The summed E-state index contributed by atoms with van der Waals surface area (Å²) >= 11 is 0. The van der Waals surface area contributed by atoms with Crippen molar-refractivity contribution in [3.05, 3.63) is 17.5 Å². The molecule has 3 N–H and O–H groups in total. The molecule has 0 spiro atoms. The zero-order chi connectivity index (χ0) is 12.3. The van der Waals surface area contributed by atoms with Gasteiger partial charge in [0.2, 0.25) is 5.95 Å². The van der Waals surface area contributed by atoms with Gasteiger partial charge in [-0.2, -0.15) is 13.2 Å². The van der Waals surface area contributed by atoms with Gasteiger partial charge in [-0.3, -0.25) is 5.32 Å². The smallest absolute Gasteiger partial charge is 0.351 e. The molecule has 0 saturated carbocycles. The van der Waals surface area contributed by atoms with E-state index in [0.29, 0.717) is 6.42 Å². The molecule has 1 aromatic heterocycles. The van der Waals surface area contributed by atoms with Crippen molar-refractivity contribution in [3.63, 3.8) is 0 Å². The summed E-state index contributed by atoms with van der Waals surface area (Å²) in [6.45, 7) is 1.64. The summed E-state index contributed by atoms with van der Waals surface area (Å²) in [7, 11) is 0. The van der Waals surface area contributed by atoms with E-state index >= 15 is 0 Å². The average Bonchev–Trinajstić information content (AvgIpc) is 2.14. The zero-order valence-electron chi connectivity index (χ0n) is 8.30. The second kappa shape index (κ2) is 4.33. The number of anilines is 1. The molecule has 5 nitrogen and oxygen atoms in total. The van der Waals surface area contributed by atoms with E-state index in [9.17, 15) is 18.0 Å². The van der Waals surface area contributed by atoms with E-state index in [4.69, 9.17) is 5.73 Å². The molecule has 0 aliphatic heterocycles. The van der Waals surface area contributed by atoms with Crippen molar-refractivity contribution >= 4 is 12.0 Å². The molecule has 0 atom stereocenters. The van der Waals surface area contributed by atoms with Crippen LogP contribution in [0.3, 0.4) is 0 Å². The van der Waals surface area contributed by atoms with Crippen LogP contribution in [0.15, 0.2) is 6.07 Å². The number of primary amides is 1. The Morgan fingerprint density at radius 2 is 2.12 bits per heavy atom. The standard InChI is InChI=1S/C8H9F3N4O/c1-2-4-3-5(8(9,10)11)14-7(13-4)15-6(12)16/h3H,2H2,1H3,(H3,12,13,14,15,16). The maximum atomic E-state index is 12.4. The molecule has 0 aliphatic carbocycles. The lowest BCUT2D eigenvalue weighted by atomic mass is 10.2. The van der Waals surface area contributed by atoms with Crippen molar-refractivity contribution in [2.45, 2.75) is 19.5 Å². The maximum absolute atomic E-state index is 12.4. The first kappa shape index (κ1) is 12.2. The van der Waals surface area contributed by atoms with Gasteiger partial charge in [0, 0.05) is 5.69 Å². The van der Waals surface area contributed by atoms with Crippen LogP contribution in [-0.4, -0.2) is 16.0 Å². The number of nitrogens with one attached hydrogen (secondary N) is 1. The summed E-state index contributed by atoms with van der Waals surface area (Å²) in [4.78, 5) is 17.3. The van der Waals surface area contributed by atoms with Crippen molar-refractivity contribution < 1.29 is 18.0 Å². The number of hydrogen-bond acceptors (Lipinski definition) is 3. The van der Waals surface area contributed by atoms with Crippen LogP contribution in [0.25, 0.3) is 0 Å². The van der Waals surface area contributed by atoms with E-state index in [0.717, 1.165) is 6.07 Å². The second-order valence-electron chi connectivity index (χ2n) is 2.91. The van der Waals surface area contributed by atoms with Gasteiger partial charge in [0.1, 0.15) is 5.69 Å². The minimum atomic E-state index is -4.58. The predicted octanol–water partition coefficient (Wildman–Crippen LogP) is 1.55. The summed E-state index contributed by atoms with van der Waals surface area (Å²) in [6.07, 6.45) is -4.29. The minimum Gasteiger partial charge on any atom is -0.351 e. The Labute approximate surface area is 88.9 Å². The monoisotopic (exact) mass is 234 g/mol. The van der Waals surface area contributed by atoms with Crippen LogP contribution in [0.1, 0.15) is 18.3 Å². The van der Waals surface area contributed by atoms with Crippen LogP contribution in [0.4, 0.5) is 23.9 Å². The van der Waals surface area contributed by atoms with Gasteiger partial charge >= 0.3 is 12.2 Å². The zero-order valence-corrected chi connectivity index (χ0v) is 8.30. The number of carbonyl (C=O) groups is 1. The Morgan fingerprint density at radius 1 is 1.50 bits per heavy atom. The number of hydrogen-bond donors (Lipinski definition) is 2. The van der Waals surface area contributed by atoms with Gasteiger partial charge in [-0.1, -0.05) is 6.92 Å². The molecule has 0 unspecified atom stereocenters. The van der Waals surface area contributed by atoms with Crippen molar-refractivity contribution in [1.29, 1.82) is 0 Å². The summed E-state index contributed by atoms with van der Waals surface area (Å²) in [5, 5.41) is 1.91. The molecule has 8 heteroatoms. The van der Waals surface area contributed by atoms with E-state index in [2.05, 4.69) is 9.97 Å². The Kier molecular flexibility index (Phi) is 3.31. The van der Waals surface area contributed by atoms with Crippen molar-refractivity contribution in [1.82, 2.24) is 9.97 Å². The predicted molar refractivity (Wildman–Crippen MR) is 49.6 cm³/mol. The van der Waals surface area contributed by atoms with Crippen molar-refractivity contribution in [2.75, 3.05) is 5.32 Å². The highest BCUT2D eigenvalue weighted by Gasteiger charge is 2.33. The van der Waals surface area contributed by atoms with Gasteiger partial charge in [-0.25, -0.2) is 14.8 Å². The first-order chi connectivity index (χ1) is 7.32. The molecule has 0 bridgehead atoms. The molecule has 88 valence electrons. The Bertz CT molecular complexity index is 405. The summed E-state index contributed by atoms with van der Waals surface area (Å²) in [5.41, 5.74) is 3.83. The Morgan fingerprint density at radius 3 is 2.56 bits per heavy atom. The van der Waals surface area contributed by atoms with E-state index in [1.54, 1.807) is 6.92 Å². The molecule has 0 aromatic carbocycles. The van der Waals surface area contributed by atoms with Gasteiger partial charge in [0.25, 0.3) is 0 Å². The fraction of sp³-hybridized carbons (Fsp3) is 0.375. The molecule has 1 aromatic rings. The number of halogens is 3. The normalized spacial score (nSPS) is 11.2. The average molecular weight is 234 g/mol. The van der Waals surface area contributed by atoms with Crippen LogP contribution in [0.5, 0.6) is 0 Å². The third-order valence-electron chi connectivity index (χ3n) is 1.67. The molecule has 0 radical (unpaired) electrons. The minimum absolute atomic E-state index is 0.172. The van der Waals surface area contributed by atoms with Gasteiger partial charge in [0.15, 0.2) is 0 Å². The van der Waals surface area contributed by atoms with Crippen LogP contribution < -0.4 is 11.1 Å². The van der Waals surface area contributed by atoms with Gasteiger partial charge < -0.3 is 5.73 Å². The molecule has 0 saturated heterocycles. The van der Waals surface area contributed by atoms with Gasteiger partial charge in [-0.05, 0) is 12.5 Å². The third kappa shape index (κ3) is 3.07. The number of urea groups is 1. The molecule has 0 aliphatic rings. The Hall–Kier alpha value is -1.86. The highest BCUT2D eigenvalue weighted by molar-refractivity contribution is 5.85. The first-order valence-electron chi connectivity index (χ1n) is 4.34. The van der Waals surface area contributed by atoms with Crippen LogP contribution in [0, 0.1) is 0 Å². The number of aromatic nitrogens is 2. The van der Waals surface area contributed by atoms with Crippen molar-refractivity contribution in [3.8, 4) is 0 Å². The SMILES string of the molecule is CCc1cc(C(F)(F)F)nc(NC(N)=O)n1. The number of amides is 2. The summed E-state index contributed by atoms with van der Waals surface area (Å²) in [6, 6.07) is -0.187. The van der Waals surface area contributed by atoms with Gasteiger partial charge in [0.05, 0.1) is 0 Å². The molecule has 0 fully saturated rings. The number of nitrogens with zero attached hydrogens (tertiary/aromatic N) is 2. The number of alkyl halides is 3.